The number of aromatic nitrogens is 3. The zero-order valence-corrected chi connectivity index (χ0v) is 11.8. The molecule has 2 aromatic heterocycles. The monoisotopic (exact) mass is 259 g/mol. The van der Waals surface area contributed by atoms with Crippen molar-refractivity contribution in [1.82, 2.24) is 14.4 Å². The van der Waals surface area contributed by atoms with Crippen molar-refractivity contribution in [3.63, 3.8) is 0 Å². The van der Waals surface area contributed by atoms with Gasteiger partial charge in [-0.3, -0.25) is 0 Å². The van der Waals surface area contributed by atoms with E-state index in [1.807, 2.05) is 16.8 Å². The molecule has 0 bridgehead atoms. The molecule has 5 nitrogen and oxygen atoms in total. The first-order valence-electron chi connectivity index (χ1n) is 6.91. The van der Waals surface area contributed by atoms with Gasteiger partial charge in [-0.25, -0.2) is 9.97 Å². The Kier molecular flexibility index (Phi) is 2.84. The number of nitrogens with zero attached hydrogens (tertiary/aromatic N) is 3. The SMILES string of the molecule is CCNc1cn2ccnc2c(NCC2CC2(C)C)n1. The van der Waals surface area contributed by atoms with Gasteiger partial charge in [0.15, 0.2) is 11.5 Å². The molecule has 1 unspecified atom stereocenters. The van der Waals surface area contributed by atoms with Crippen LogP contribution in [0.3, 0.4) is 0 Å². The van der Waals surface area contributed by atoms with Crippen LogP contribution in [-0.2, 0) is 0 Å². The van der Waals surface area contributed by atoms with Gasteiger partial charge in [0.05, 0.1) is 6.20 Å². The Morgan fingerprint density at radius 1 is 1.42 bits per heavy atom. The van der Waals surface area contributed by atoms with Crippen LogP contribution in [0, 0.1) is 11.3 Å². The first-order chi connectivity index (χ1) is 9.10. The number of nitrogens with one attached hydrogen (secondary N) is 2. The van der Waals surface area contributed by atoms with Gasteiger partial charge in [0.2, 0.25) is 0 Å². The molecule has 1 fully saturated rings. The lowest BCUT2D eigenvalue weighted by Crippen LogP contribution is -2.11. The molecule has 5 heteroatoms. The summed E-state index contributed by atoms with van der Waals surface area (Å²) in [7, 11) is 0. The zero-order chi connectivity index (χ0) is 13.5. The van der Waals surface area contributed by atoms with Gasteiger partial charge < -0.3 is 15.0 Å². The average Bonchev–Trinajstić information content (AvgIpc) is 2.75. The zero-order valence-electron chi connectivity index (χ0n) is 11.8. The molecule has 3 rings (SSSR count). The summed E-state index contributed by atoms with van der Waals surface area (Å²) in [5.74, 6) is 2.49. The summed E-state index contributed by atoms with van der Waals surface area (Å²) in [6.07, 6.45) is 7.01. The second-order valence-electron chi connectivity index (χ2n) is 5.93. The topological polar surface area (TPSA) is 54.2 Å². The van der Waals surface area contributed by atoms with Crippen molar-refractivity contribution >= 4 is 17.3 Å². The molecule has 0 aromatic carbocycles. The van der Waals surface area contributed by atoms with E-state index in [0.717, 1.165) is 36.3 Å². The normalized spacial score (nSPS) is 20.5. The maximum Gasteiger partial charge on any atom is 0.180 e. The molecule has 1 aliphatic carbocycles. The molecule has 2 aromatic rings. The standard InChI is InChI=1S/C14H21N5/c1-4-15-11-9-19-6-5-16-13(19)12(18-11)17-8-10-7-14(10,2)3/h5-6,9-10,15H,4,7-8H2,1-3H3,(H,17,18). The highest BCUT2D eigenvalue weighted by atomic mass is 15.1. The lowest BCUT2D eigenvalue weighted by molar-refractivity contribution is 0.573. The van der Waals surface area contributed by atoms with E-state index in [4.69, 9.17) is 0 Å². The predicted molar refractivity (Wildman–Crippen MR) is 77.5 cm³/mol. The summed E-state index contributed by atoms with van der Waals surface area (Å²) in [6.45, 7) is 8.53. The molecular weight excluding hydrogens is 238 g/mol. The van der Waals surface area contributed by atoms with Crippen molar-refractivity contribution in [1.29, 1.82) is 0 Å². The molecule has 1 atom stereocenters. The van der Waals surface area contributed by atoms with Crippen LogP contribution in [0.25, 0.3) is 5.65 Å². The van der Waals surface area contributed by atoms with E-state index < -0.39 is 0 Å². The van der Waals surface area contributed by atoms with Gasteiger partial charge in [-0.05, 0) is 24.7 Å². The number of hydrogen-bond donors (Lipinski definition) is 2. The first kappa shape index (κ1) is 12.3. The van der Waals surface area contributed by atoms with Crippen molar-refractivity contribution in [2.24, 2.45) is 11.3 Å². The van der Waals surface area contributed by atoms with Crippen molar-refractivity contribution < 1.29 is 0 Å². The predicted octanol–water partition coefficient (Wildman–Crippen LogP) is 2.62. The Hall–Kier alpha value is -1.78. The van der Waals surface area contributed by atoms with Crippen LogP contribution in [0.1, 0.15) is 27.2 Å². The number of rotatable bonds is 5. The van der Waals surface area contributed by atoms with Gasteiger partial charge in [-0.2, -0.15) is 0 Å². The van der Waals surface area contributed by atoms with Crippen molar-refractivity contribution in [2.45, 2.75) is 27.2 Å². The fraction of sp³-hybridized carbons (Fsp3) is 0.571. The van der Waals surface area contributed by atoms with Crippen LogP contribution in [-0.4, -0.2) is 27.5 Å². The highest BCUT2D eigenvalue weighted by Gasteiger charge is 2.45. The largest absolute Gasteiger partial charge is 0.369 e. The molecule has 0 saturated heterocycles. The number of anilines is 2. The summed E-state index contributed by atoms with van der Waals surface area (Å²) in [5.41, 5.74) is 1.37. The van der Waals surface area contributed by atoms with E-state index in [-0.39, 0.29) is 0 Å². The number of hydrogen-bond acceptors (Lipinski definition) is 4. The third-order valence-electron chi connectivity index (χ3n) is 3.97. The van der Waals surface area contributed by atoms with Crippen molar-refractivity contribution in [2.75, 3.05) is 23.7 Å². The number of imidazole rings is 1. The maximum absolute atomic E-state index is 4.60. The Bertz CT molecular complexity index is 587. The third kappa shape index (κ3) is 2.37. The second-order valence-corrected chi connectivity index (χ2v) is 5.93. The molecule has 102 valence electrons. The average molecular weight is 259 g/mol. The lowest BCUT2D eigenvalue weighted by atomic mass is 10.1. The van der Waals surface area contributed by atoms with Gasteiger partial charge in [-0.1, -0.05) is 13.8 Å². The number of fused-ring (bicyclic) bond motifs is 1. The van der Waals surface area contributed by atoms with E-state index in [1.54, 1.807) is 6.20 Å². The minimum Gasteiger partial charge on any atom is -0.369 e. The molecule has 2 heterocycles. The molecule has 19 heavy (non-hydrogen) atoms. The Morgan fingerprint density at radius 2 is 2.21 bits per heavy atom. The summed E-state index contributed by atoms with van der Waals surface area (Å²) in [6, 6.07) is 0. The van der Waals surface area contributed by atoms with Crippen LogP contribution in [0.5, 0.6) is 0 Å². The Balaban J connectivity index is 1.82. The van der Waals surface area contributed by atoms with Crippen LogP contribution in [0.15, 0.2) is 18.6 Å². The van der Waals surface area contributed by atoms with Gasteiger partial charge >= 0.3 is 0 Å². The summed E-state index contributed by atoms with van der Waals surface area (Å²) < 4.78 is 2.01. The van der Waals surface area contributed by atoms with Crippen molar-refractivity contribution in [3.8, 4) is 0 Å². The first-order valence-corrected chi connectivity index (χ1v) is 6.91. The van der Waals surface area contributed by atoms with E-state index in [9.17, 15) is 0 Å². The Morgan fingerprint density at radius 3 is 2.89 bits per heavy atom. The highest BCUT2D eigenvalue weighted by molar-refractivity contribution is 5.65. The van der Waals surface area contributed by atoms with Gasteiger partial charge in [0, 0.05) is 25.5 Å². The molecule has 0 spiro atoms. The molecule has 1 aliphatic rings. The van der Waals surface area contributed by atoms with E-state index >= 15 is 0 Å². The van der Waals surface area contributed by atoms with E-state index in [1.165, 1.54) is 6.42 Å². The molecule has 2 N–H and O–H groups in total. The van der Waals surface area contributed by atoms with Gasteiger partial charge in [0.25, 0.3) is 0 Å². The molecule has 0 amide bonds. The highest BCUT2D eigenvalue weighted by Crippen LogP contribution is 2.51. The van der Waals surface area contributed by atoms with Gasteiger partial charge in [-0.15, -0.1) is 0 Å². The second kappa shape index (κ2) is 4.40. The van der Waals surface area contributed by atoms with E-state index in [0.29, 0.717) is 5.41 Å². The summed E-state index contributed by atoms with van der Waals surface area (Å²) in [4.78, 5) is 8.97. The Labute approximate surface area is 113 Å². The minimum atomic E-state index is 0.484. The van der Waals surface area contributed by atoms with Crippen LogP contribution < -0.4 is 10.6 Å². The molecule has 0 aliphatic heterocycles. The summed E-state index contributed by atoms with van der Waals surface area (Å²) in [5, 5.41) is 6.71. The summed E-state index contributed by atoms with van der Waals surface area (Å²) >= 11 is 0. The third-order valence-corrected chi connectivity index (χ3v) is 3.97. The quantitative estimate of drug-likeness (QED) is 0.866. The maximum atomic E-state index is 4.60. The minimum absolute atomic E-state index is 0.484. The van der Waals surface area contributed by atoms with Crippen LogP contribution in [0.2, 0.25) is 0 Å². The fourth-order valence-electron chi connectivity index (χ4n) is 2.46. The molecule has 1 saturated carbocycles. The van der Waals surface area contributed by atoms with Crippen molar-refractivity contribution in [3.05, 3.63) is 18.6 Å². The smallest absolute Gasteiger partial charge is 0.180 e. The van der Waals surface area contributed by atoms with E-state index in [2.05, 4.69) is 41.4 Å². The molecular formula is C14H21N5. The molecule has 0 radical (unpaired) electrons. The van der Waals surface area contributed by atoms with Crippen LogP contribution in [0.4, 0.5) is 11.6 Å². The van der Waals surface area contributed by atoms with Gasteiger partial charge in [0.1, 0.15) is 5.82 Å². The lowest BCUT2D eigenvalue weighted by Gasteiger charge is -2.10. The fourth-order valence-corrected chi connectivity index (χ4v) is 2.46. The van der Waals surface area contributed by atoms with Crippen LogP contribution >= 0.6 is 0 Å².